The fraction of sp³-hybridized carbons (Fsp3) is 0.529. The highest BCUT2D eigenvalue weighted by molar-refractivity contribution is 6.71. The third kappa shape index (κ3) is 6.66. The van der Waals surface area contributed by atoms with Crippen molar-refractivity contribution in [3.8, 4) is 0 Å². The number of rotatable bonds is 11. The summed E-state index contributed by atoms with van der Waals surface area (Å²) in [4.78, 5) is 68.1. The molecule has 1 spiro atoms. The number of carbonyl (C=O) groups excluding carboxylic acids is 4. The van der Waals surface area contributed by atoms with Crippen molar-refractivity contribution >= 4 is 49.1 Å². The van der Waals surface area contributed by atoms with Gasteiger partial charge in [0.2, 0.25) is 5.91 Å². The van der Waals surface area contributed by atoms with Gasteiger partial charge < -0.3 is 40.2 Å². The van der Waals surface area contributed by atoms with Gasteiger partial charge in [-0.15, -0.1) is 0 Å². The van der Waals surface area contributed by atoms with Crippen molar-refractivity contribution in [1.82, 2.24) is 4.90 Å². The molecule has 0 radical (unpaired) electrons. The van der Waals surface area contributed by atoms with Gasteiger partial charge in [0, 0.05) is 53.5 Å². The number of hydrogen-bond donors (Lipinski definition) is 4. The van der Waals surface area contributed by atoms with E-state index in [1.165, 1.54) is 7.11 Å². The summed E-state index contributed by atoms with van der Waals surface area (Å²) < 4.78 is 11.6. The zero-order valence-corrected chi connectivity index (χ0v) is 28.5. The number of nitrogen functional groups attached to an aromatic ring is 1. The number of anilines is 3. The quantitative estimate of drug-likeness (QED) is 0.121. The summed E-state index contributed by atoms with van der Waals surface area (Å²) >= 11 is 0. The van der Waals surface area contributed by atoms with E-state index in [2.05, 4.69) is 5.32 Å². The number of nitrogens with one attached hydrogen (secondary N) is 1. The van der Waals surface area contributed by atoms with Gasteiger partial charge in [0.25, 0.3) is 11.8 Å². The van der Waals surface area contributed by atoms with Gasteiger partial charge in [-0.25, -0.2) is 0 Å². The first kappa shape index (κ1) is 34.5. The normalized spacial score (nSPS) is 25.4. The van der Waals surface area contributed by atoms with Gasteiger partial charge in [-0.1, -0.05) is 6.92 Å². The molecule has 12 nitrogen and oxygen atoms in total. The Kier molecular flexibility index (Phi) is 10.1. The number of esters is 1. The van der Waals surface area contributed by atoms with Gasteiger partial charge in [0.1, 0.15) is 0 Å². The summed E-state index contributed by atoms with van der Waals surface area (Å²) in [5.41, 5.74) is 6.40. The molecular weight excluding hydrogens is 620 g/mol. The number of nitrogens with two attached hydrogens (primary N) is 1. The Bertz CT molecular complexity index is 1510. The first-order valence-corrected chi connectivity index (χ1v) is 19.3. The van der Waals surface area contributed by atoms with Gasteiger partial charge >= 0.3 is 5.97 Å². The van der Waals surface area contributed by atoms with Crippen molar-refractivity contribution in [1.29, 1.82) is 0 Å². The molecule has 5 atom stereocenters. The number of fused-ring (bicyclic) bond motifs is 2. The second-order valence-electron chi connectivity index (χ2n) is 13.4. The van der Waals surface area contributed by atoms with Crippen LogP contribution in [0.2, 0.25) is 18.6 Å². The largest absolute Gasteiger partial charge is 0.469 e. The van der Waals surface area contributed by atoms with E-state index in [0.29, 0.717) is 54.1 Å². The summed E-state index contributed by atoms with van der Waals surface area (Å²) in [6.45, 7) is 6.24. The highest BCUT2D eigenvalue weighted by Crippen LogP contribution is 2.60. The minimum atomic E-state index is -3.03. The molecule has 254 valence electrons. The minimum Gasteiger partial charge on any atom is -0.469 e. The Labute approximate surface area is 276 Å². The Morgan fingerprint density at radius 1 is 1.15 bits per heavy atom. The Morgan fingerprint density at radius 3 is 2.53 bits per heavy atom. The van der Waals surface area contributed by atoms with Gasteiger partial charge in [0.15, 0.2) is 13.9 Å². The lowest BCUT2D eigenvalue weighted by Crippen LogP contribution is -2.46. The Morgan fingerprint density at radius 2 is 1.87 bits per heavy atom. The molecule has 2 saturated heterocycles. The summed E-state index contributed by atoms with van der Waals surface area (Å²) in [5, 5.41) is 12.8. The second-order valence-corrected chi connectivity index (χ2v) is 17.4. The maximum absolute atomic E-state index is 14.6. The number of carbonyl (C=O) groups is 4. The van der Waals surface area contributed by atoms with Crippen LogP contribution in [0.3, 0.4) is 0 Å². The van der Waals surface area contributed by atoms with E-state index >= 15 is 0 Å². The number of aliphatic hydroxyl groups is 1. The predicted octanol–water partition coefficient (Wildman–Crippen LogP) is 3.38. The Hall–Kier alpha value is -3.78. The molecule has 2 aromatic carbocycles. The van der Waals surface area contributed by atoms with E-state index in [0.717, 1.165) is 12.8 Å². The van der Waals surface area contributed by atoms with Gasteiger partial charge in [-0.3, -0.25) is 19.2 Å². The smallest absolute Gasteiger partial charge is 0.305 e. The molecular formula is C34H46N4O8Si. The predicted molar refractivity (Wildman–Crippen MR) is 179 cm³/mol. The van der Waals surface area contributed by atoms with Crippen LogP contribution in [0.25, 0.3) is 0 Å². The highest BCUT2D eigenvalue weighted by atomic mass is 28.4. The fourth-order valence-electron chi connectivity index (χ4n) is 7.70. The number of aliphatic hydroxyl groups excluding tert-OH is 1. The standard InChI is InChI=1S/C34H46N4O8Si/c1-21-31(47(3,4)44)28(19-29(40)37-17-7-8-25(37)20-39)46-34(21)26-18-24(36-32(42)22-10-12-23(35)13-11-22)14-15-27(26)38(33(34)43)16-6-5-9-30(41)45-2/h10-15,18,21,25,28,31,39,44H,5-9,16-17,19-20,35H2,1-4H3,(H,36,42)/t21-,25+,28+,31-,34+/m1/s1. The van der Waals surface area contributed by atoms with Crippen molar-refractivity contribution in [2.24, 2.45) is 5.92 Å². The number of benzene rings is 2. The molecule has 3 amide bonds. The van der Waals surface area contributed by atoms with Crippen LogP contribution in [-0.2, 0) is 29.5 Å². The van der Waals surface area contributed by atoms with Gasteiger partial charge in [-0.05, 0) is 81.2 Å². The molecule has 2 fully saturated rings. The molecule has 3 aliphatic heterocycles. The van der Waals surface area contributed by atoms with Crippen molar-refractivity contribution in [3.63, 3.8) is 0 Å². The number of hydrogen-bond acceptors (Lipinski definition) is 9. The van der Waals surface area contributed by atoms with Crippen LogP contribution in [0.5, 0.6) is 0 Å². The number of ether oxygens (including phenoxy) is 2. The molecule has 13 heteroatoms. The lowest BCUT2D eigenvalue weighted by Gasteiger charge is -2.33. The Balaban J connectivity index is 1.50. The highest BCUT2D eigenvalue weighted by Gasteiger charge is 2.66. The molecule has 0 bridgehead atoms. The van der Waals surface area contributed by atoms with Gasteiger partial charge in [-0.2, -0.15) is 0 Å². The summed E-state index contributed by atoms with van der Waals surface area (Å²) in [6.07, 6.45) is 2.02. The molecule has 3 heterocycles. The van der Waals surface area contributed by atoms with E-state index in [9.17, 15) is 29.1 Å². The maximum Gasteiger partial charge on any atom is 0.305 e. The average Bonchev–Trinajstić information content (AvgIpc) is 3.69. The second kappa shape index (κ2) is 13.8. The SMILES string of the molecule is COC(=O)CCCCN1C(=O)[C@@]2(O[C@@H](CC(=O)N3CCC[C@H]3CO)[C@H]([Si](C)(C)O)[C@H]2C)c2cc(NC(=O)c3ccc(N)cc3)ccc21. The van der Waals surface area contributed by atoms with Gasteiger partial charge in [0.05, 0.1) is 38.0 Å². The first-order chi connectivity index (χ1) is 22.3. The zero-order valence-electron chi connectivity index (χ0n) is 27.5. The molecule has 0 aliphatic carbocycles. The first-order valence-electron chi connectivity index (χ1n) is 16.3. The third-order valence-corrected chi connectivity index (χ3v) is 12.4. The number of nitrogens with zero attached hydrogens (tertiary/aromatic N) is 2. The lowest BCUT2D eigenvalue weighted by molar-refractivity contribution is -0.150. The van der Waals surface area contributed by atoms with E-state index in [-0.39, 0.29) is 49.2 Å². The fourth-order valence-corrected chi connectivity index (χ4v) is 10.3. The van der Waals surface area contributed by atoms with Crippen LogP contribution in [0.15, 0.2) is 42.5 Å². The molecule has 2 aromatic rings. The number of amides is 3. The van der Waals surface area contributed by atoms with Crippen LogP contribution in [0, 0.1) is 5.92 Å². The van der Waals surface area contributed by atoms with E-state index in [1.807, 2.05) is 6.92 Å². The molecule has 0 saturated carbocycles. The van der Waals surface area contributed by atoms with Crippen LogP contribution in [0.1, 0.15) is 61.4 Å². The third-order valence-electron chi connectivity index (χ3n) is 9.94. The van der Waals surface area contributed by atoms with Crippen LogP contribution >= 0.6 is 0 Å². The molecule has 0 aromatic heterocycles. The van der Waals surface area contributed by atoms with Crippen molar-refractivity contribution in [3.05, 3.63) is 53.6 Å². The number of likely N-dealkylation sites (tertiary alicyclic amines) is 1. The van der Waals surface area contributed by atoms with Crippen LogP contribution in [-0.4, -0.2) is 85.8 Å². The summed E-state index contributed by atoms with van der Waals surface area (Å²) in [6, 6.07) is 11.5. The molecule has 47 heavy (non-hydrogen) atoms. The summed E-state index contributed by atoms with van der Waals surface area (Å²) in [7, 11) is -1.69. The van der Waals surface area contributed by atoms with E-state index in [4.69, 9.17) is 15.2 Å². The molecule has 5 rings (SSSR count). The molecule has 0 unspecified atom stereocenters. The van der Waals surface area contributed by atoms with Crippen molar-refractivity contribution in [2.45, 2.75) is 81.8 Å². The molecule has 5 N–H and O–H groups in total. The average molecular weight is 667 g/mol. The van der Waals surface area contributed by atoms with Crippen molar-refractivity contribution < 1.29 is 38.6 Å². The molecule has 3 aliphatic rings. The zero-order chi connectivity index (χ0) is 34.1. The van der Waals surface area contributed by atoms with Crippen molar-refractivity contribution in [2.75, 3.05) is 42.8 Å². The van der Waals surface area contributed by atoms with E-state index < -0.39 is 31.5 Å². The maximum atomic E-state index is 14.6. The topological polar surface area (TPSA) is 172 Å². The monoisotopic (exact) mass is 666 g/mol. The van der Waals surface area contributed by atoms with Crippen LogP contribution in [0.4, 0.5) is 17.1 Å². The van der Waals surface area contributed by atoms with Crippen LogP contribution < -0.4 is 16.0 Å². The van der Waals surface area contributed by atoms with E-state index in [1.54, 1.807) is 65.4 Å². The number of unbranched alkanes of at least 4 members (excludes halogenated alkanes) is 1. The number of methoxy groups -OCH3 is 1. The lowest BCUT2D eigenvalue weighted by atomic mass is 9.82. The minimum absolute atomic E-state index is 0.0282. The summed E-state index contributed by atoms with van der Waals surface area (Å²) in [5.74, 6) is -1.65.